The summed E-state index contributed by atoms with van der Waals surface area (Å²) in [7, 11) is 1.70. The first-order valence-electron chi connectivity index (χ1n) is 12.9. The summed E-state index contributed by atoms with van der Waals surface area (Å²) in [6.07, 6.45) is 12.8. The van der Waals surface area contributed by atoms with Crippen molar-refractivity contribution in [1.29, 1.82) is 5.41 Å². The van der Waals surface area contributed by atoms with Crippen LogP contribution in [0.25, 0.3) is 0 Å². The van der Waals surface area contributed by atoms with Crippen LogP contribution in [-0.4, -0.2) is 46.3 Å². The van der Waals surface area contributed by atoms with Crippen molar-refractivity contribution < 1.29 is 9.59 Å². The van der Waals surface area contributed by atoms with Gasteiger partial charge in [-0.05, 0) is 63.0 Å². The van der Waals surface area contributed by atoms with E-state index in [1.54, 1.807) is 19.2 Å². The lowest BCUT2D eigenvalue weighted by Crippen LogP contribution is -2.50. The van der Waals surface area contributed by atoms with Crippen LogP contribution in [0.5, 0.6) is 0 Å². The Morgan fingerprint density at radius 1 is 1.21 bits per heavy atom. The first kappa shape index (κ1) is 25.0. The molecule has 186 valence electrons. The highest BCUT2D eigenvalue weighted by Gasteiger charge is 2.49. The summed E-state index contributed by atoms with van der Waals surface area (Å²) in [5, 5.41) is 15.1. The van der Waals surface area contributed by atoms with Crippen molar-refractivity contribution in [2.45, 2.75) is 95.6 Å². The summed E-state index contributed by atoms with van der Waals surface area (Å²) < 4.78 is 0. The Labute approximate surface area is 207 Å². The van der Waals surface area contributed by atoms with Gasteiger partial charge in [0, 0.05) is 24.3 Å². The number of aromatic nitrogens is 1. The molecule has 3 fully saturated rings. The number of hydrogen-bond donors (Lipinski definition) is 3. The molecular weight excluding hydrogens is 450 g/mol. The zero-order valence-corrected chi connectivity index (χ0v) is 21.2. The molecule has 34 heavy (non-hydrogen) atoms. The molecule has 2 aliphatic carbocycles. The van der Waals surface area contributed by atoms with Crippen molar-refractivity contribution in [3.05, 3.63) is 28.5 Å². The minimum atomic E-state index is -0.685. The van der Waals surface area contributed by atoms with Crippen molar-refractivity contribution in [2.75, 3.05) is 7.05 Å². The Hall–Kier alpha value is -2.15. The summed E-state index contributed by atoms with van der Waals surface area (Å²) >= 11 is 6.04. The SMILES string of the molecule is Cc1cc(C(=O)NC2CCC[C@H](C[C@@]3(CCC4CCCCC4)NC(=N)N(C)C3=O)C2)cc(Cl)n1. The standard InChI is InChI=1S/C26H38ClN5O2/c1-17-13-20(15-22(27)29-17)23(33)30-21-10-6-9-19(14-21)16-26(24(34)32(2)25(28)31-26)12-11-18-7-4-3-5-8-18/h13,15,18-19,21H,3-12,14,16H2,1-2H3,(H2,28,31)(H,30,33)/t19-,21?,26+/m0/s1. The number of likely N-dealkylation sites (N-methyl/N-ethyl adjacent to an activating group) is 1. The Kier molecular flexibility index (Phi) is 7.80. The Morgan fingerprint density at radius 3 is 2.62 bits per heavy atom. The van der Waals surface area contributed by atoms with Gasteiger partial charge in [0.2, 0.25) is 0 Å². The van der Waals surface area contributed by atoms with Gasteiger partial charge in [0.1, 0.15) is 10.7 Å². The molecule has 3 aliphatic rings. The van der Waals surface area contributed by atoms with Crippen molar-refractivity contribution >= 4 is 29.4 Å². The fraction of sp³-hybridized carbons (Fsp3) is 0.692. The topological polar surface area (TPSA) is 98.2 Å². The van der Waals surface area contributed by atoms with E-state index in [1.807, 2.05) is 6.92 Å². The third-order valence-corrected chi connectivity index (χ3v) is 8.24. The number of rotatable bonds is 7. The van der Waals surface area contributed by atoms with Gasteiger partial charge in [0.15, 0.2) is 5.96 Å². The number of guanidine groups is 1. The number of hydrogen-bond acceptors (Lipinski definition) is 4. The van der Waals surface area contributed by atoms with E-state index < -0.39 is 5.54 Å². The minimum absolute atomic E-state index is 0.0290. The van der Waals surface area contributed by atoms with Crippen LogP contribution in [0.1, 0.15) is 93.1 Å². The Balaban J connectivity index is 1.41. The normalized spacial score (nSPS) is 28.1. The molecule has 1 aromatic rings. The second-order valence-corrected chi connectivity index (χ2v) is 11.1. The van der Waals surface area contributed by atoms with E-state index in [0.29, 0.717) is 22.6 Å². The summed E-state index contributed by atoms with van der Waals surface area (Å²) in [4.78, 5) is 31.8. The molecule has 0 aromatic carbocycles. The van der Waals surface area contributed by atoms with E-state index >= 15 is 0 Å². The summed E-state index contributed by atoms with van der Waals surface area (Å²) in [5.74, 6) is 1.13. The summed E-state index contributed by atoms with van der Waals surface area (Å²) in [5.41, 5.74) is 0.568. The van der Waals surface area contributed by atoms with Crippen LogP contribution in [-0.2, 0) is 4.79 Å². The second kappa shape index (κ2) is 10.6. The van der Waals surface area contributed by atoms with Crippen LogP contribution in [0, 0.1) is 24.2 Å². The molecule has 1 saturated heterocycles. The van der Waals surface area contributed by atoms with E-state index in [0.717, 1.165) is 50.6 Å². The molecule has 2 heterocycles. The molecule has 0 spiro atoms. The van der Waals surface area contributed by atoms with Crippen molar-refractivity contribution in [1.82, 2.24) is 20.5 Å². The van der Waals surface area contributed by atoms with E-state index in [2.05, 4.69) is 15.6 Å². The number of pyridine rings is 1. The quantitative estimate of drug-likeness (QED) is 0.480. The molecule has 2 amide bonds. The number of carbonyl (C=O) groups is 2. The molecule has 8 heteroatoms. The Morgan fingerprint density at radius 2 is 1.94 bits per heavy atom. The fourth-order valence-corrected chi connectivity index (χ4v) is 6.50. The number of aryl methyl sites for hydroxylation is 1. The molecule has 1 unspecified atom stereocenters. The monoisotopic (exact) mass is 487 g/mol. The van der Waals surface area contributed by atoms with Crippen LogP contribution in [0.3, 0.4) is 0 Å². The van der Waals surface area contributed by atoms with E-state index in [-0.39, 0.29) is 23.8 Å². The van der Waals surface area contributed by atoms with Crippen molar-refractivity contribution in [2.24, 2.45) is 11.8 Å². The highest BCUT2D eigenvalue weighted by atomic mass is 35.5. The number of nitrogens with zero attached hydrogens (tertiary/aromatic N) is 2. The molecule has 1 aliphatic heterocycles. The molecule has 0 bridgehead atoms. The number of amides is 2. The number of carbonyl (C=O) groups excluding carboxylic acids is 2. The fourth-order valence-electron chi connectivity index (χ4n) is 6.25. The van der Waals surface area contributed by atoms with Crippen LogP contribution in [0.15, 0.2) is 12.1 Å². The molecule has 2 saturated carbocycles. The smallest absolute Gasteiger partial charge is 0.254 e. The van der Waals surface area contributed by atoms with E-state index in [9.17, 15) is 9.59 Å². The molecule has 7 nitrogen and oxygen atoms in total. The number of nitrogens with one attached hydrogen (secondary N) is 3. The van der Waals surface area contributed by atoms with Crippen molar-refractivity contribution in [3.8, 4) is 0 Å². The molecule has 4 rings (SSSR count). The van der Waals surface area contributed by atoms with Gasteiger partial charge in [-0.2, -0.15) is 0 Å². The first-order valence-corrected chi connectivity index (χ1v) is 13.2. The lowest BCUT2D eigenvalue weighted by Gasteiger charge is -2.36. The van der Waals surface area contributed by atoms with Gasteiger partial charge in [-0.3, -0.25) is 19.9 Å². The van der Waals surface area contributed by atoms with E-state index in [1.165, 1.54) is 37.0 Å². The maximum absolute atomic E-state index is 13.3. The van der Waals surface area contributed by atoms with Gasteiger partial charge in [-0.25, -0.2) is 4.98 Å². The third kappa shape index (κ3) is 5.73. The van der Waals surface area contributed by atoms with Gasteiger partial charge in [0.05, 0.1) is 0 Å². The molecule has 1 aromatic heterocycles. The molecule has 3 N–H and O–H groups in total. The van der Waals surface area contributed by atoms with Crippen molar-refractivity contribution in [3.63, 3.8) is 0 Å². The minimum Gasteiger partial charge on any atom is -0.349 e. The maximum Gasteiger partial charge on any atom is 0.254 e. The lowest BCUT2D eigenvalue weighted by molar-refractivity contribution is -0.131. The summed E-state index contributed by atoms with van der Waals surface area (Å²) in [6.45, 7) is 1.83. The highest BCUT2D eigenvalue weighted by molar-refractivity contribution is 6.29. The average Bonchev–Trinajstić information content (AvgIpc) is 3.01. The highest BCUT2D eigenvalue weighted by Crippen LogP contribution is 2.38. The Bertz CT molecular complexity index is 912. The van der Waals surface area contributed by atoms with Crippen LogP contribution in [0.4, 0.5) is 0 Å². The maximum atomic E-state index is 13.3. The average molecular weight is 488 g/mol. The lowest BCUT2D eigenvalue weighted by atomic mass is 9.74. The number of halogens is 1. The van der Waals surface area contributed by atoms with Gasteiger partial charge < -0.3 is 10.6 Å². The predicted octanol–water partition coefficient (Wildman–Crippen LogP) is 4.82. The second-order valence-electron chi connectivity index (χ2n) is 10.7. The van der Waals surface area contributed by atoms with Gasteiger partial charge in [0.25, 0.3) is 11.8 Å². The predicted molar refractivity (Wildman–Crippen MR) is 134 cm³/mol. The zero-order chi connectivity index (χ0) is 24.3. The zero-order valence-electron chi connectivity index (χ0n) is 20.5. The molecular formula is C26H38ClN5O2. The third-order valence-electron chi connectivity index (χ3n) is 8.05. The van der Waals surface area contributed by atoms with Crippen LogP contribution >= 0.6 is 11.6 Å². The van der Waals surface area contributed by atoms with Crippen LogP contribution in [0.2, 0.25) is 5.15 Å². The van der Waals surface area contributed by atoms with Gasteiger partial charge in [-0.1, -0.05) is 56.5 Å². The van der Waals surface area contributed by atoms with Gasteiger partial charge >= 0.3 is 0 Å². The van der Waals surface area contributed by atoms with Gasteiger partial charge in [-0.15, -0.1) is 0 Å². The first-order chi connectivity index (χ1) is 16.3. The van der Waals surface area contributed by atoms with Crippen LogP contribution < -0.4 is 10.6 Å². The largest absolute Gasteiger partial charge is 0.349 e. The molecule has 0 radical (unpaired) electrons. The van der Waals surface area contributed by atoms with E-state index in [4.69, 9.17) is 17.0 Å². The summed E-state index contributed by atoms with van der Waals surface area (Å²) in [6, 6.07) is 3.43. The molecule has 3 atom stereocenters.